The lowest BCUT2D eigenvalue weighted by Gasteiger charge is -2.42. The van der Waals surface area contributed by atoms with E-state index in [1.165, 1.54) is 11.3 Å². The molecule has 3 aromatic rings. The molecule has 36 heavy (non-hydrogen) atoms. The third-order valence-electron chi connectivity index (χ3n) is 6.60. The predicted octanol–water partition coefficient (Wildman–Crippen LogP) is 5.76. The van der Waals surface area contributed by atoms with Crippen LogP contribution in [-0.2, 0) is 11.3 Å². The van der Waals surface area contributed by atoms with Gasteiger partial charge in [-0.15, -0.1) is 11.3 Å². The molecule has 1 aliphatic rings. The molecule has 190 valence electrons. The van der Waals surface area contributed by atoms with Gasteiger partial charge in [-0.25, -0.2) is 4.98 Å². The second-order valence-corrected chi connectivity index (χ2v) is 11.3. The number of carbonyl (C=O) groups excluding carboxylic acids is 2. The highest BCUT2D eigenvalue weighted by Crippen LogP contribution is 2.36. The number of ether oxygens (including phenoxy) is 1. The molecule has 1 fully saturated rings. The van der Waals surface area contributed by atoms with Crippen LogP contribution >= 0.6 is 22.9 Å². The number of likely N-dealkylation sites (tertiary alicyclic amines) is 1. The van der Waals surface area contributed by atoms with Gasteiger partial charge in [0.25, 0.3) is 5.91 Å². The summed E-state index contributed by atoms with van der Waals surface area (Å²) in [6.45, 7) is 5.75. The van der Waals surface area contributed by atoms with E-state index in [0.29, 0.717) is 48.3 Å². The molecule has 1 aliphatic heterocycles. The van der Waals surface area contributed by atoms with E-state index >= 15 is 0 Å². The molecule has 4 rings (SSSR count). The number of hydrogen-bond donors (Lipinski definition) is 0. The van der Waals surface area contributed by atoms with Crippen LogP contribution < -0.4 is 4.74 Å². The minimum Gasteiger partial charge on any atom is -0.493 e. The third-order valence-corrected chi connectivity index (χ3v) is 7.90. The summed E-state index contributed by atoms with van der Waals surface area (Å²) in [6, 6.07) is 17.2. The van der Waals surface area contributed by atoms with E-state index in [1.54, 1.807) is 17.0 Å². The lowest BCUT2D eigenvalue weighted by molar-refractivity contribution is -0.134. The van der Waals surface area contributed by atoms with Crippen molar-refractivity contribution in [2.45, 2.75) is 39.7 Å². The van der Waals surface area contributed by atoms with Gasteiger partial charge in [-0.3, -0.25) is 9.59 Å². The highest BCUT2D eigenvalue weighted by molar-refractivity contribution is 7.13. The smallest absolute Gasteiger partial charge is 0.265 e. The fourth-order valence-electron chi connectivity index (χ4n) is 4.76. The summed E-state index contributed by atoms with van der Waals surface area (Å²) in [5.41, 5.74) is 1.33. The Kier molecular flexibility index (Phi) is 8.32. The molecule has 0 N–H and O–H groups in total. The zero-order valence-electron chi connectivity index (χ0n) is 21.0. The van der Waals surface area contributed by atoms with E-state index in [0.717, 1.165) is 29.1 Å². The fourth-order valence-corrected chi connectivity index (χ4v) is 5.83. The molecule has 0 saturated carbocycles. The van der Waals surface area contributed by atoms with Crippen molar-refractivity contribution >= 4 is 34.8 Å². The summed E-state index contributed by atoms with van der Waals surface area (Å²) in [5, 5.41) is 1.47. The first-order valence-corrected chi connectivity index (χ1v) is 13.3. The maximum Gasteiger partial charge on any atom is 0.265 e. The SMILES string of the molecule is Cc1nc(C)c(C(=O)N2CCC[C@](COc3cccc(Cl)c3)(CC(=O)N(C)Cc3ccccc3)C2)s1. The van der Waals surface area contributed by atoms with Crippen molar-refractivity contribution in [2.75, 3.05) is 26.7 Å². The van der Waals surface area contributed by atoms with Crippen molar-refractivity contribution in [3.8, 4) is 5.75 Å². The lowest BCUT2D eigenvalue weighted by Crippen LogP contribution is -2.50. The van der Waals surface area contributed by atoms with Crippen molar-refractivity contribution in [3.63, 3.8) is 0 Å². The topological polar surface area (TPSA) is 62.7 Å². The quantitative estimate of drug-likeness (QED) is 0.375. The maximum absolute atomic E-state index is 13.4. The second kappa shape index (κ2) is 11.4. The number of nitrogens with zero attached hydrogens (tertiary/aromatic N) is 3. The average molecular weight is 526 g/mol. The number of aryl methyl sites for hydroxylation is 2. The summed E-state index contributed by atoms with van der Waals surface area (Å²) < 4.78 is 6.19. The van der Waals surface area contributed by atoms with Gasteiger partial charge in [-0.2, -0.15) is 0 Å². The molecule has 0 unspecified atom stereocenters. The Bertz CT molecular complexity index is 1220. The molecule has 2 amide bonds. The molecule has 1 saturated heterocycles. The van der Waals surface area contributed by atoms with Crippen LogP contribution in [0.4, 0.5) is 0 Å². The number of carbonyl (C=O) groups is 2. The molecule has 1 aromatic heterocycles. The molecule has 2 heterocycles. The van der Waals surface area contributed by atoms with E-state index in [4.69, 9.17) is 16.3 Å². The first-order chi connectivity index (χ1) is 17.2. The van der Waals surface area contributed by atoms with Crippen molar-refractivity contribution in [3.05, 3.63) is 80.8 Å². The largest absolute Gasteiger partial charge is 0.493 e. The normalized spacial score (nSPS) is 17.6. The Balaban J connectivity index is 1.54. The Labute approximate surface area is 221 Å². The number of halogens is 1. The van der Waals surface area contributed by atoms with Crippen molar-refractivity contribution < 1.29 is 14.3 Å². The number of thiazole rings is 1. The van der Waals surface area contributed by atoms with E-state index in [9.17, 15) is 9.59 Å². The molecule has 1 atom stereocenters. The van der Waals surface area contributed by atoms with Crippen LogP contribution in [0.2, 0.25) is 5.02 Å². The van der Waals surface area contributed by atoms with Crippen LogP contribution in [0.3, 0.4) is 0 Å². The van der Waals surface area contributed by atoms with E-state index < -0.39 is 5.41 Å². The van der Waals surface area contributed by atoms with Crippen molar-refractivity contribution in [1.29, 1.82) is 0 Å². The molecule has 8 heteroatoms. The van der Waals surface area contributed by atoms with Gasteiger partial charge >= 0.3 is 0 Å². The van der Waals surface area contributed by atoms with Gasteiger partial charge in [-0.05, 0) is 50.5 Å². The Morgan fingerprint density at radius 1 is 1.17 bits per heavy atom. The highest BCUT2D eigenvalue weighted by atomic mass is 35.5. The van der Waals surface area contributed by atoms with Crippen LogP contribution in [0.15, 0.2) is 54.6 Å². The fraction of sp³-hybridized carbons (Fsp3) is 0.393. The molecule has 0 bridgehead atoms. The Morgan fingerprint density at radius 2 is 1.94 bits per heavy atom. The van der Waals surface area contributed by atoms with Gasteiger partial charge in [-0.1, -0.05) is 48.0 Å². The van der Waals surface area contributed by atoms with Gasteiger partial charge in [0.2, 0.25) is 5.91 Å². The Morgan fingerprint density at radius 3 is 2.64 bits per heavy atom. The van der Waals surface area contributed by atoms with Crippen LogP contribution in [-0.4, -0.2) is 53.3 Å². The van der Waals surface area contributed by atoms with E-state index in [2.05, 4.69) is 4.98 Å². The molecule has 0 aliphatic carbocycles. The van der Waals surface area contributed by atoms with Gasteiger partial charge in [0.1, 0.15) is 10.6 Å². The minimum atomic E-state index is -0.508. The minimum absolute atomic E-state index is 0.0185. The van der Waals surface area contributed by atoms with Crippen LogP contribution in [0.25, 0.3) is 0 Å². The molecule has 0 spiro atoms. The second-order valence-electron chi connectivity index (χ2n) is 9.64. The van der Waals surface area contributed by atoms with Gasteiger partial charge < -0.3 is 14.5 Å². The van der Waals surface area contributed by atoms with Gasteiger partial charge in [0, 0.05) is 43.5 Å². The first kappa shape index (κ1) is 26.2. The van der Waals surface area contributed by atoms with Crippen LogP contribution in [0.5, 0.6) is 5.75 Å². The zero-order chi connectivity index (χ0) is 25.7. The number of rotatable bonds is 8. The average Bonchev–Trinajstić information content (AvgIpc) is 3.20. The number of benzene rings is 2. The monoisotopic (exact) mass is 525 g/mol. The number of amides is 2. The molecule has 2 aromatic carbocycles. The van der Waals surface area contributed by atoms with E-state index in [1.807, 2.05) is 68.3 Å². The van der Waals surface area contributed by atoms with Crippen molar-refractivity contribution in [2.24, 2.45) is 5.41 Å². The predicted molar refractivity (Wildman–Crippen MR) is 144 cm³/mol. The number of piperidine rings is 1. The first-order valence-electron chi connectivity index (χ1n) is 12.1. The van der Waals surface area contributed by atoms with Crippen LogP contribution in [0.1, 0.15) is 45.2 Å². The molecular formula is C28H32ClN3O3S. The summed E-state index contributed by atoms with van der Waals surface area (Å²) in [4.78, 5) is 35.6. The van der Waals surface area contributed by atoms with Gasteiger partial charge in [0.15, 0.2) is 0 Å². The number of aromatic nitrogens is 1. The number of hydrogen-bond acceptors (Lipinski definition) is 5. The lowest BCUT2D eigenvalue weighted by atomic mass is 9.77. The summed E-state index contributed by atoms with van der Waals surface area (Å²) >= 11 is 7.58. The third kappa shape index (κ3) is 6.45. The standard InChI is InChI=1S/C28H32ClN3O3S/c1-20-26(36-21(2)30-20)27(34)32-14-8-13-28(18-32,19-35-24-12-7-11-23(29)15-24)16-25(33)31(3)17-22-9-5-4-6-10-22/h4-7,9-12,15H,8,13-14,16-19H2,1-3H3/t28-/m0/s1. The molecule has 0 radical (unpaired) electrons. The zero-order valence-corrected chi connectivity index (χ0v) is 22.6. The maximum atomic E-state index is 13.4. The summed E-state index contributed by atoms with van der Waals surface area (Å²) in [7, 11) is 1.83. The Hall–Kier alpha value is -2.90. The summed E-state index contributed by atoms with van der Waals surface area (Å²) in [5.74, 6) is 0.673. The molecule has 6 nitrogen and oxygen atoms in total. The van der Waals surface area contributed by atoms with Crippen molar-refractivity contribution in [1.82, 2.24) is 14.8 Å². The summed E-state index contributed by atoms with van der Waals surface area (Å²) in [6.07, 6.45) is 1.89. The van der Waals surface area contributed by atoms with Crippen LogP contribution in [0, 0.1) is 19.3 Å². The van der Waals surface area contributed by atoms with Gasteiger partial charge in [0.05, 0.1) is 17.3 Å². The highest BCUT2D eigenvalue weighted by Gasteiger charge is 2.41. The van der Waals surface area contributed by atoms with E-state index in [-0.39, 0.29) is 11.8 Å². The molecular weight excluding hydrogens is 494 g/mol.